The van der Waals surface area contributed by atoms with Crippen LogP contribution >= 0.6 is 0 Å². The molecule has 1 heterocycles. The van der Waals surface area contributed by atoms with E-state index < -0.39 is 0 Å². The lowest BCUT2D eigenvalue weighted by molar-refractivity contribution is -0.130. The Morgan fingerprint density at radius 1 is 1.07 bits per heavy atom. The van der Waals surface area contributed by atoms with E-state index in [-0.39, 0.29) is 12.5 Å². The topological polar surface area (TPSA) is 59.4 Å². The Kier molecular flexibility index (Phi) is 6.22. The fourth-order valence-corrected chi connectivity index (χ4v) is 2.59. The number of carbonyl (C=O) groups is 1. The molecule has 3 rings (SSSR count). The van der Waals surface area contributed by atoms with E-state index in [1.165, 1.54) is 10.5 Å². The Morgan fingerprint density at radius 3 is 2.56 bits per heavy atom. The number of nitrogens with one attached hydrogen (secondary N) is 1. The summed E-state index contributed by atoms with van der Waals surface area (Å²) in [7, 11) is 3.44. The zero-order valence-electron chi connectivity index (χ0n) is 15.6. The van der Waals surface area contributed by atoms with Crippen molar-refractivity contribution < 1.29 is 9.53 Å². The van der Waals surface area contributed by atoms with Crippen LogP contribution in [0.2, 0.25) is 0 Å². The predicted molar refractivity (Wildman–Crippen MR) is 105 cm³/mol. The number of amides is 1. The second-order valence-electron chi connectivity index (χ2n) is 6.41. The lowest BCUT2D eigenvalue weighted by Crippen LogP contribution is -2.27. The highest BCUT2D eigenvalue weighted by atomic mass is 16.5. The van der Waals surface area contributed by atoms with Gasteiger partial charge in [-0.2, -0.15) is 5.10 Å². The average Bonchev–Trinajstić information content (AvgIpc) is 3.22. The second kappa shape index (κ2) is 9.00. The van der Waals surface area contributed by atoms with Crippen LogP contribution in [0.1, 0.15) is 11.1 Å². The maximum absolute atomic E-state index is 11.7. The van der Waals surface area contributed by atoms with E-state index in [1.807, 2.05) is 53.3 Å². The fourth-order valence-electron chi connectivity index (χ4n) is 2.59. The number of nitrogens with zero attached hydrogens (tertiary/aromatic N) is 3. The Bertz CT molecular complexity index is 858. The van der Waals surface area contributed by atoms with Crippen molar-refractivity contribution in [1.29, 1.82) is 0 Å². The van der Waals surface area contributed by atoms with Gasteiger partial charge in [0.1, 0.15) is 5.75 Å². The Labute approximate surface area is 159 Å². The molecule has 0 saturated heterocycles. The third-order valence-corrected chi connectivity index (χ3v) is 4.17. The molecule has 0 aliphatic carbocycles. The normalized spacial score (nSPS) is 10.6. The number of para-hydroxylation sites is 1. The van der Waals surface area contributed by atoms with Gasteiger partial charge in [0.2, 0.25) is 0 Å². The summed E-state index contributed by atoms with van der Waals surface area (Å²) >= 11 is 0. The molecule has 27 heavy (non-hydrogen) atoms. The number of likely N-dealkylation sites (N-methyl/N-ethyl adjacent to an activating group) is 1. The van der Waals surface area contributed by atoms with Crippen LogP contribution in [0.3, 0.4) is 0 Å². The van der Waals surface area contributed by atoms with E-state index in [9.17, 15) is 4.79 Å². The van der Waals surface area contributed by atoms with Gasteiger partial charge in [-0.15, -0.1) is 0 Å². The molecule has 1 aromatic heterocycles. The maximum atomic E-state index is 11.7. The van der Waals surface area contributed by atoms with E-state index in [2.05, 4.69) is 22.5 Å². The first-order valence-corrected chi connectivity index (χ1v) is 8.84. The van der Waals surface area contributed by atoms with Gasteiger partial charge >= 0.3 is 0 Å². The Balaban J connectivity index is 1.54. The number of hydrogen-bond acceptors (Lipinski definition) is 4. The minimum absolute atomic E-state index is 0.0406. The van der Waals surface area contributed by atoms with Gasteiger partial charge in [0, 0.05) is 45.1 Å². The Morgan fingerprint density at radius 2 is 1.85 bits per heavy atom. The minimum atomic E-state index is -0.0602. The third-order valence-electron chi connectivity index (χ3n) is 4.17. The van der Waals surface area contributed by atoms with Gasteiger partial charge in [0.15, 0.2) is 6.61 Å². The summed E-state index contributed by atoms with van der Waals surface area (Å²) in [6, 6.07) is 17.9. The van der Waals surface area contributed by atoms with Crippen LogP contribution in [0.15, 0.2) is 67.0 Å². The molecule has 0 unspecified atom stereocenters. The number of benzene rings is 2. The van der Waals surface area contributed by atoms with Crippen molar-refractivity contribution in [2.75, 3.05) is 20.7 Å². The summed E-state index contributed by atoms with van der Waals surface area (Å²) in [6.45, 7) is 1.44. The Hall–Kier alpha value is -3.12. The largest absolute Gasteiger partial charge is 0.483 e. The lowest BCUT2D eigenvalue weighted by atomic mass is 10.1. The number of aromatic nitrogens is 2. The number of ether oxygens (including phenoxy) is 1. The summed E-state index contributed by atoms with van der Waals surface area (Å²) in [5.41, 5.74) is 3.25. The molecular formula is C21H24N4O2. The van der Waals surface area contributed by atoms with Gasteiger partial charge in [-0.25, -0.2) is 4.68 Å². The molecule has 3 aromatic rings. The minimum Gasteiger partial charge on any atom is -0.483 e. The SMILES string of the molecule is CN(C)C(=O)COc1ccccc1CNCc1ccc(-n2cccn2)cc1. The van der Waals surface area contributed by atoms with Crippen molar-refractivity contribution in [2.24, 2.45) is 0 Å². The predicted octanol–water partition coefficient (Wildman–Crippen LogP) is 2.63. The molecule has 140 valence electrons. The molecule has 1 amide bonds. The van der Waals surface area contributed by atoms with Crippen molar-refractivity contribution >= 4 is 5.91 Å². The van der Waals surface area contributed by atoms with E-state index in [0.29, 0.717) is 6.54 Å². The molecule has 0 fully saturated rings. The average molecular weight is 364 g/mol. The van der Waals surface area contributed by atoms with E-state index in [4.69, 9.17) is 4.74 Å². The fraction of sp³-hybridized carbons (Fsp3) is 0.238. The zero-order valence-corrected chi connectivity index (χ0v) is 15.6. The van der Waals surface area contributed by atoms with E-state index in [0.717, 1.165) is 23.5 Å². The van der Waals surface area contributed by atoms with Gasteiger partial charge < -0.3 is 15.0 Å². The molecule has 0 spiro atoms. The zero-order chi connectivity index (χ0) is 19.1. The highest BCUT2D eigenvalue weighted by Gasteiger charge is 2.08. The molecule has 0 aliphatic heterocycles. The highest BCUT2D eigenvalue weighted by molar-refractivity contribution is 5.77. The standard InChI is InChI=1S/C21H24N4O2/c1-24(2)21(26)16-27-20-7-4-3-6-18(20)15-22-14-17-8-10-19(11-9-17)25-13-5-12-23-25/h3-13,22H,14-16H2,1-2H3. The van der Waals surface area contributed by atoms with Crippen LogP contribution in [-0.2, 0) is 17.9 Å². The van der Waals surface area contributed by atoms with Gasteiger partial charge in [0.25, 0.3) is 5.91 Å². The first-order valence-electron chi connectivity index (χ1n) is 8.84. The molecule has 0 radical (unpaired) electrons. The summed E-state index contributed by atoms with van der Waals surface area (Å²) in [5.74, 6) is 0.671. The van der Waals surface area contributed by atoms with Gasteiger partial charge in [-0.05, 0) is 29.8 Å². The van der Waals surface area contributed by atoms with E-state index >= 15 is 0 Å². The quantitative estimate of drug-likeness (QED) is 0.668. The van der Waals surface area contributed by atoms with Crippen LogP contribution in [0.4, 0.5) is 0 Å². The summed E-state index contributed by atoms with van der Waals surface area (Å²) in [4.78, 5) is 13.2. The smallest absolute Gasteiger partial charge is 0.259 e. The summed E-state index contributed by atoms with van der Waals surface area (Å²) in [6.07, 6.45) is 3.69. The number of carbonyl (C=O) groups excluding carboxylic acids is 1. The maximum Gasteiger partial charge on any atom is 0.259 e. The first kappa shape index (κ1) is 18.7. The molecule has 6 nitrogen and oxygen atoms in total. The van der Waals surface area contributed by atoms with Crippen LogP contribution < -0.4 is 10.1 Å². The van der Waals surface area contributed by atoms with Crippen LogP contribution in [-0.4, -0.2) is 41.3 Å². The molecule has 1 N–H and O–H groups in total. The van der Waals surface area contributed by atoms with Crippen molar-refractivity contribution in [3.05, 3.63) is 78.1 Å². The third kappa shape index (κ3) is 5.18. The van der Waals surface area contributed by atoms with Gasteiger partial charge in [0.05, 0.1) is 5.69 Å². The number of hydrogen-bond donors (Lipinski definition) is 1. The molecule has 0 aliphatic rings. The molecule has 0 bridgehead atoms. The molecule has 2 aromatic carbocycles. The van der Waals surface area contributed by atoms with Crippen molar-refractivity contribution in [3.8, 4) is 11.4 Å². The van der Waals surface area contributed by atoms with Crippen LogP contribution in [0.25, 0.3) is 5.69 Å². The lowest BCUT2D eigenvalue weighted by Gasteiger charge is -2.14. The molecule has 0 saturated carbocycles. The second-order valence-corrected chi connectivity index (χ2v) is 6.41. The number of rotatable bonds is 8. The van der Waals surface area contributed by atoms with Crippen molar-refractivity contribution in [3.63, 3.8) is 0 Å². The monoisotopic (exact) mass is 364 g/mol. The van der Waals surface area contributed by atoms with Crippen molar-refractivity contribution in [1.82, 2.24) is 20.0 Å². The van der Waals surface area contributed by atoms with E-state index in [1.54, 1.807) is 20.3 Å². The van der Waals surface area contributed by atoms with Crippen molar-refractivity contribution in [2.45, 2.75) is 13.1 Å². The summed E-state index contributed by atoms with van der Waals surface area (Å²) in [5, 5.41) is 7.65. The molecule has 6 heteroatoms. The van der Waals surface area contributed by atoms with Crippen LogP contribution in [0.5, 0.6) is 5.75 Å². The van der Waals surface area contributed by atoms with Gasteiger partial charge in [-0.1, -0.05) is 30.3 Å². The van der Waals surface area contributed by atoms with Crippen LogP contribution in [0, 0.1) is 0 Å². The van der Waals surface area contributed by atoms with Gasteiger partial charge in [-0.3, -0.25) is 4.79 Å². The molecule has 0 atom stereocenters. The first-order chi connectivity index (χ1) is 13.1. The molecular weight excluding hydrogens is 340 g/mol. The summed E-state index contributed by atoms with van der Waals surface area (Å²) < 4.78 is 7.51. The highest BCUT2D eigenvalue weighted by Crippen LogP contribution is 2.18.